The van der Waals surface area contributed by atoms with Crippen LogP contribution >= 0.6 is 0 Å². The van der Waals surface area contributed by atoms with Gasteiger partial charge in [0.2, 0.25) is 5.88 Å². The van der Waals surface area contributed by atoms with Crippen LogP contribution in [0.3, 0.4) is 0 Å². The zero-order valence-electron chi connectivity index (χ0n) is 16.4. The number of anilines is 1. The molecule has 0 spiro atoms. The fraction of sp³-hybridized carbons (Fsp3) is 0.476. The van der Waals surface area contributed by atoms with Gasteiger partial charge in [-0.25, -0.2) is 9.97 Å². The van der Waals surface area contributed by atoms with E-state index < -0.39 is 0 Å². The van der Waals surface area contributed by atoms with E-state index in [1.165, 1.54) is 0 Å². The van der Waals surface area contributed by atoms with Crippen LogP contribution < -0.4 is 15.0 Å². The van der Waals surface area contributed by atoms with E-state index in [0.717, 1.165) is 50.5 Å². The van der Waals surface area contributed by atoms with Gasteiger partial charge in [0.15, 0.2) is 0 Å². The Morgan fingerprint density at radius 1 is 1.03 bits per heavy atom. The van der Waals surface area contributed by atoms with Crippen LogP contribution in [0.2, 0.25) is 0 Å². The van der Waals surface area contributed by atoms with E-state index in [-0.39, 0.29) is 12.0 Å². The Morgan fingerprint density at radius 3 is 2.52 bits per heavy atom. The molecule has 2 aliphatic rings. The lowest BCUT2D eigenvalue weighted by Crippen LogP contribution is -2.36. The molecular weight excluding hydrogens is 372 g/mol. The third-order valence-corrected chi connectivity index (χ3v) is 5.05. The summed E-state index contributed by atoms with van der Waals surface area (Å²) in [6.07, 6.45) is 5.20. The second-order valence-electron chi connectivity index (χ2n) is 7.12. The fourth-order valence-corrected chi connectivity index (χ4v) is 3.33. The maximum absolute atomic E-state index is 12.4. The topological polar surface area (TPSA) is 85.8 Å². The first-order chi connectivity index (χ1) is 14.3. The zero-order chi connectivity index (χ0) is 19.9. The average molecular weight is 398 g/mol. The summed E-state index contributed by atoms with van der Waals surface area (Å²) in [6.45, 7) is 5.00. The van der Waals surface area contributed by atoms with Gasteiger partial charge in [0.25, 0.3) is 5.91 Å². The minimum Gasteiger partial charge on any atom is -0.474 e. The highest BCUT2D eigenvalue weighted by molar-refractivity contribution is 5.93. The van der Waals surface area contributed by atoms with Crippen molar-refractivity contribution < 1.29 is 19.0 Å². The number of hydrogen-bond donors (Lipinski definition) is 1. The Bertz CT molecular complexity index is 785. The molecule has 29 heavy (non-hydrogen) atoms. The average Bonchev–Trinajstić information content (AvgIpc) is 2.80. The summed E-state index contributed by atoms with van der Waals surface area (Å²) in [6, 6.07) is 7.44. The lowest BCUT2D eigenvalue weighted by atomic mass is 10.1. The molecule has 0 aliphatic carbocycles. The van der Waals surface area contributed by atoms with E-state index in [9.17, 15) is 4.79 Å². The standard InChI is InChI=1S/C21H26N4O4/c26-21(17-2-4-20(23-15-17)29-18-5-9-27-10-6-18)24-14-16-1-3-19(22-13-16)25-7-11-28-12-8-25/h1-4,13,15,18H,5-12,14H2,(H,24,26). The van der Waals surface area contributed by atoms with Gasteiger partial charge >= 0.3 is 0 Å². The molecule has 2 saturated heterocycles. The first-order valence-corrected chi connectivity index (χ1v) is 10.0. The number of amides is 1. The van der Waals surface area contributed by atoms with Crippen LogP contribution in [0.25, 0.3) is 0 Å². The second kappa shape index (κ2) is 9.67. The number of hydrogen-bond acceptors (Lipinski definition) is 7. The summed E-state index contributed by atoms with van der Waals surface area (Å²) in [7, 11) is 0. The summed E-state index contributed by atoms with van der Waals surface area (Å²) in [4.78, 5) is 23.3. The molecular formula is C21H26N4O4. The molecule has 0 unspecified atom stereocenters. The van der Waals surface area contributed by atoms with Gasteiger partial charge in [-0.15, -0.1) is 0 Å². The highest BCUT2D eigenvalue weighted by Gasteiger charge is 2.16. The van der Waals surface area contributed by atoms with Crippen LogP contribution in [0.15, 0.2) is 36.7 Å². The van der Waals surface area contributed by atoms with Gasteiger partial charge < -0.3 is 24.4 Å². The van der Waals surface area contributed by atoms with Gasteiger partial charge in [0, 0.05) is 50.9 Å². The molecule has 2 aromatic heterocycles. The Labute approximate surface area is 170 Å². The molecule has 2 aromatic rings. The van der Waals surface area contributed by atoms with Gasteiger partial charge in [-0.2, -0.15) is 0 Å². The largest absolute Gasteiger partial charge is 0.474 e. The molecule has 4 rings (SSSR count). The van der Waals surface area contributed by atoms with E-state index in [1.54, 1.807) is 24.5 Å². The Morgan fingerprint density at radius 2 is 1.83 bits per heavy atom. The third kappa shape index (κ3) is 5.42. The molecule has 4 heterocycles. The predicted molar refractivity (Wildman–Crippen MR) is 107 cm³/mol. The number of ether oxygens (including phenoxy) is 3. The van der Waals surface area contributed by atoms with E-state index in [0.29, 0.717) is 31.2 Å². The van der Waals surface area contributed by atoms with Crippen molar-refractivity contribution in [1.29, 1.82) is 0 Å². The molecule has 1 N–H and O–H groups in total. The highest BCUT2D eigenvalue weighted by Crippen LogP contribution is 2.16. The van der Waals surface area contributed by atoms with Crippen molar-refractivity contribution >= 4 is 11.7 Å². The SMILES string of the molecule is O=C(NCc1ccc(N2CCOCC2)nc1)c1ccc(OC2CCOCC2)nc1. The summed E-state index contributed by atoms with van der Waals surface area (Å²) in [5.41, 5.74) is 1.45. The maximum Gasteiger partial charge on any atom is 0.253 e. The van der Waals surface area contributed by atoms with E-state index in [4.69, 9.17) is 14.2 Å². The molecule has 2 aliphatic heterocycles. The van der Waals surface area contributed by atoms with Crippen LogP contribution in [0.4, 0.5) is 5.82 Å². The molecule has 154 valence electrons. The fourth-order valence-electron chi connectivity index (χ4n) is 3.33. The van der Waals surface area contributed by atoms with Crippen molar-refractivity contribution in [1.82, 2.24) is 15.3 Å². The molecule has 0 radical (unpaired) electrons. The van der Waals surface area contributed by atoms with Crippen molar-refractivity contribution in [2.24, 2.45) is 0 Å². The Hall–Kier alpha value is -2.71. The first kappa shape index (κ1) is 19.6. The van der Waals surface area contributed by atoms with E-state index in [2.05, 4.69) is 20.2 Å². The number of carbonyl (C=O) groups is 1. The highest BCUT2D eigenvalue weighted by atomic mass is 16.5. The molecule has 0 saturated carbocycles. The normalized spacial score (nSPS) is 17.7. The monoisotopic (exact) mass is 398 g/mol. The van der Waals surface area contributed by atoms with Crippen molar-refractivity contribution in [2.75, 3.05) is 44.4 Å². The van der Waals surface area contributed by atoms with Gasteiger partial charge in [-0.3, -0.25) is 4.79 Å². The van der Waals surface area contributed by atoms with Gasteiger partial charge in [0.05, 0.1) is 32.0 Å². The van der Waals surface area contributed by atoms with Crippen LogP contribution in [0.1, 0.15) is 28.8 Å². The quantitative estimate of drug-likeness (QED) is 0.794. The number of morpholine rings is 1. The molecule has 1 amide bonds. The van der Waals surface area contributed by atoms with Crippen LogP contribution in [-0.2, 0) is 16.0 Å². The molecule has 2 fully saturated rings. The molecule has 8 nitrogen and oxygen atoms in total. The number of aromatic nitrogens is 2. The minimum absolute atomic E-state index is 0.129. The molecule has 0 aromatic carbocycles. The lowest BCUT2D eigenvalue weighted by Gasteiger charge is -2.27. The zero-order valence-corrected chi connectivity index (χ0v) is 16.4. The van der Waals surface area contributed by atoms with Crippen molar-refractivity contribution in [3.63, 3.8) is 0 Å². The predicted octanol–water partition coefficient (Wildman–Crippen LogP) is 1.80. The molecule has 0 atom stereocenters. The summed E-state index contributed by atoms with van der Waals surface area (Å²) >= 11 is 0. The summed E-state index contributed by atoms with van der Waals surface area (Å²) < 4.78 is 16.5. The number of carbonyl (C=O) groups excluding carboxylic acids is 1. The second-order valence-corrected chi connectivity index (χ2v) is 7.12. The molecule has 0 bridgehead atoms. The summed E-state index contributed by atoms with van der Waals surface area (Å²) in [5, 5.41) is 2.91. The minimum atomic E-state index is -0.174. The Balaban J connectivity index is 1.26. The van der Waals surface area contributed by atoms with E-state index >= 15 is 0 Å². The maximum atomic E-state index is 12.4. The van der Waals surface area contributed by atoms with Gasteiger partial charge in [0.1, 0.15) is 11.9 Å². The number of nitrogens with zero attached hydrogens (tertiary/aromatic N) is 3. The van der Waals surface area contributed by atoms with Gasteiger partial charge in [-0.05, 0) is 17.7 Å². The van der Waals surface area contributed by atoms with Crippen LogP contribution in [-0.4, -0.2) is 61.5 Å². The van der Waals surface area contributed by atoms with Crippen LogP contribution in [0.5, 0.6) is 5.88 Å². The lowest BCUT2D eigenvalue weighted by molar-refractivity contribution is 0.0237. The van der Waals surface area contributed by atoms with Crippen LogP contribution in [0, 0.1) is 0 Å². The first-order valence-electron chi connectivity index (χ1n) is 10.0. The van der Waals surface area contributed by atoms with Crippen molar-refractivity contribution in [3.05, 3.63) is 47.8 Å². The number of rotatable bonds is 6. The van der Waals surface area contributed by atoms with Gasteiger partial charge in [-0.1, -0.05) is 6.07 Å². The third-order valence-electron chi connectivity index (χ3n) is 5.05. The van der Waals surface area contributed by atoms with E-state index in [1.807, 2.05) is 12.1 Å². The Kier molecular flexibility index (Phi) is 6.53. The molecule has 8 heteroatoms. The van der Waals surface area contributed by atoms with Crippen molar-refractivity contribution in [2.45, 2.75) is 25.5 Å². The number of pyridine rings is 2. The summed E-state index contributed by atoms with van der Waals surface area (Å²) in [5.74, 6) is 1.30. The van der Waals surface area contributed by atoms with Crippen molar-refractivity contribution in [3.8, 4) is 5.88 Å². The number of nitrogens with one attached hydrogen (secondary N) is 1. The smallest absolute Gasteiger partial charge is 0.253 e.